The Morgan fingerprint density at radius 2 is 2.03 bits per heavy atom. The van der Waals surface area contributed by atoms with Gasteiger partial charge in [0, 0.05) is 25.2 Å². The Hall–Kier alpha value is -3.18. The topological polar surface area (TPSA) is 76.3 Å². The van der Waals surface area contributed by atoms with Gasteiger partial charge < -0.3 is 4.90 Å². The van der Waals surface area contributed by atoms with E-state index in [4.69, 9.17) is 0 Å². The normalized spacial score (nSPS) is 19.9. The predicted octanol–water partition coefficient (Wildman–Crippen LogP) is 3.74. The van der Waals surface area contributed by atoms with Gasteiger partial charge in [0.15, 0.2) is 0 Å². The van der Waals surface area contributed by atoms with E-state index in [2.05, 4.69) is 20.1 Å². The first kappa shape index (κ1) is 21.1. The molecule has 1 unspecified atom stereocenters. The Bertz CT molecular complexity index is 1110. The third kappa shape index (κ3) is 3.93. The summed E-state index contributed by atoms with van der Waals surface area (Å²) in [6.07, 6.45) is -4.79. The van der Waals surface area contributed by atoms with Crippen LogP contribution in [0.2, 0.25) is 0 Å². The molecule has 2 atom stereocenters. The lowest BCUT2D eigenvalue weighted by Gasteiger charge is -2.37. The molecule has 3 aromatic heterocycles. The molecular weight excluding hydrogens is 423 g/mol. The van der Waals surface area contributed by atoms with Crippen molar-refractivity contribution in [3.8, 4) is 0 Å². The summed E-state index contributed by atoms with van der Waals surface area (Å²) in [5.74, 6) is -1.37. The van der Waals surface area contributed by atoms with E-state index in [1.165, 1.54) is 21.8 Å². The standard InChI is InChI=1S/C19H17F5N6O/c1-10-4-6-29(17(31)15-12(19(22,23)24)3-2-5-25-15)8-11(10)14-7-13(16(20)21)28-18-26-9-27-30(14)18/h2-3,5,7,9-11,16H,4,6,8H2,1H3/t10?,11-/m1/s1. The Morgan fingerprint density at radius 3 is 2.74 bits per heavy atom. The van der Waals surface area contributed by atoms with Gasteiger partial charge >= 0.3 is 6.18 Å². The third-order valence-electron chi connectivity index (χ3n) is 5.46. The first-order valence-corrected chi connectivity index (χ1v) is 9.47. The Morgan fingerprint density at radius 1 is 1.26 bits per heavy atom. The van der Waals surface area contributed by atoms with Gasteiger partial charge in [-0.1, -0.05) is 6.92 Å². The van der Waals surface area contributed by atoms with Crippen LogP contribution in [-0.2, 0) is 6.18 Å². The molecule has 164 valence electrons. The van der Waals surface area contributed by atoms with E-state index in [0.717, 1.165) is 18.3 Å². The molecule has 1 amide bonds. The molecule has 0 aromatic carbocycles. The van der Waals surface area contributed by atoms with Gasteiger partial charge in [-0.05, 0) is 30.5 Å². The van der Waals surface area contributed by atoms with E-state index < -0.39 is 41.4 Å². The lowest BCUT2D eigenvalue weighted by molar-refractivity contribution is -0.138. The molecule has 4 rings (SSSR count). The molecule has 7 nitrogen and oxygen atoms in total. The number of fused-ring (bicyclic) bond motifs is 1. The molecule has 12 heteroatoms. The van der Waals surface area contributed by atoms with Gasteiger partial charge in [0.2, 0.25) is 0 Å². The van der Waals surface area contributed by atoms with Crippen molar-refractivity contribution in [2.75, 3.05) is 13.1 Å². The van der Waals surface area contributed by atoms with Crippen molar-refractivity contribution in [2.24, 2.45) is 5.92 Å². The number of carbonyl (C=O) groups excluding carboxylic acids is 1. The molecule has 1 aliphatic heterocycles. The molecule has 1 saturated heterocycles. The first-order chi connectivity index (χ1) is 14.7. The van der Waals surface area contributed by atoms with Crippen LogP contribution in [0.3, 0.4) is 0 Å². The average Bonchev–Trinajstić information content (AvgIpc) is 3.21. The van der Waals surface area contributed by atoms with Crippen molar-refractivity contribution in [3.63, 3.8) is 0 Å². The number of nitrogens with zero attached hydrogens (tertiary/aromatic N) is 6. The number of hydrogen-bond acceptors (Lipinski definition) is 5. The number of carbonyl (C=O) groups is 1. The molecule has 1 aliphatic rings. The number of rotatable bonds is 3. The highest BCUT2D eigenvalue weighted by Gasteiger charge is 2.39. The van der Waals surface area contributed by atoms with Crippen molar-refractivity contribution in [1.29, 1.82) is 0 Å². The van der Waals surface area contributed by atoms with Crippen LogP contribution in [0, 0.1) is 5.92 Å². The maximum absolute atomic E-state index is 13.3. The number of alkyl halides is 5. The van der Waals surface area contributed by atoms with E-state index in [9.17, 15) is 26.7 Å². The van der Waals surface area contributed by atoms with E-state index in [-0.39, 0.29) is 24.8 Å². The first-order valence-electron chi connectivity index (χ1n) is 9.47. The second kappa shape index (κ2) is 7.82. The lowest BCUT2D eigenvalue weighted by Crippen LogP contribution is -2.43. The fourth-order valence-electron chi connectivity index (χ4n) is 3.82. The summed E-state index contributed by atoms with van der Waals surface area (Å²) in [6, 6.07) is 3.13. The number of amides is 1. The van der Waals surface area contributed by atoms with Crippen LogP contribution in [0.4, 0.5) is 22.0 Å². The van der Waals surface area contributed by atoms with Crippen LogP contribution in [-0.4, -0.2) is 48.5 Å². The summed E-state index contributed by atoms with van der Waals surface area (Å²) < 4.78 is 68.0. The minimum atomic E-state index is -4.73. The van der Waals surface area contributed by atoms with Crippen LogP contribution in [0.5, 0.6) is 0 Å². The van der Waals surface area contributed by atoms with Gasteiger partial charge in [-0.25, -0.2) is 18.3 Å². The zero-order valence-corrected chi connectivity index (χ0v) is 16.2. The molecule has 3 aromatic rings. The predicted molar refractivity (Wildman–Crippen MR) is 97.4 cm³/mol. The molecular formula is C19H17F5N6O. The molecule has 31 heavy (non-hydrogen) atoms. The summed E-state index contributed by atoms with van der Waals surface area (Å²) >= 11 is 0. The van der Waals surface area contributed by atoms with Crippen molar-refractivity contribution < 1.29 is 26.7 Å². The van der Waals surface area contributed by atoms with E-state index in [1.807, 2.05) is 6.92 Å². The summed E-state index contributed by atoms with van der Waals surface area (Å²) in [5, 5.41) is 4.04. The zero-order valence-electron chi connectivity index (χ0n) is 16.2. The summed E-state index contributed by atoms with van der Waals surface area (Å²) in [6.45, 7) is 2.13. The highest BCUT2D eigenvalue weighted by Crippen LogP contribution is 2.36. The summed E-state index contributed by atoms with van der Waals surface area (Å²) in [4.78, 5) is 25.5. The van der Waals surface area contributed by atoms with Gasteiger partial charge in [-0.3, -0.25) is 9.78 Å². The number of hydrogen-bond donors (Lipinski definition) is 0. The molecule has 0 radical (unpaired) electrons. The molecule has 1 fully saturated rings. The van der Waals surface area contributed by atoms with Gasteiger partial charge in [0.25, 0.3) is 18.1 Å². The van der Waals surface area contributed by atoms with E-state index in [0.29, 0.717) is 12.1 Å². The fraction of sp³-hybridized carbons (Fsp3) is 0.421. The van der Waals surface area contributed by atoms with E-state index in [1.54, 1.807) is 0 Å². The maximum atomic E-state index is 13.3. The largest absolute Gasteiger partial charge is 0.418 e. The van der Waals surface area contributed by atoms with Crippen molar-refractivity contribution in [2.45, 2.75) is 31.9 Å². The molecule has 0 saturated carbocycles. The maximum Gasteiger partial charge on any atom is 0.418 e. The summed E-state index contributed by atoms with van der Waals surface area (Å²) in [7, 11) is 0. The average molecular weight is 440 g/mol. The second-order valence-corrected chi connectivity index (χ2v) is 7.40. The van der Waals surface area contributed by atoms with Crippen LogP contribution in [0.1, 0.15) is 53.1 Å². The Kier molecular flexibility index (Phi) is 5.31. The zero-order chi connectivity index (χ0) is 22.3. The molecule has 0 aliphatic carbocycles. The smallest absolute Gasteiger partial charge is 0.337 e. The molecule has 0 spiro atoms. The van der Waals surface area contributed by atoms with Crippen LogP contribution < -0.4 is 0 Å². The molecule has 0 N–H and O–H groups in total. The van der Waals surface area contributed by atoms with E-state index >= 15 is 0 Å². The number of likely N-dealkylation sites (tertiary alicyclic amines) is 1. The lowest BCUT2D eigenvalue weighted by atomic mass is 9.84. The summed E-state index contributed by atoms with van der Waals surface area (Å²) in [5.41, 5.74) is -1.90. The number of aromatic nitrogens is 5. The van der Waals surface area contributed by atoms with Crippen molar-refractivity contribution in [1.82, 2.24) is 29.5 Å². The fourth-order valence-corrected chi connectivity index (χ4v) is 3.82. The highest BCUT2D eigenvalue weighted by molar-refractivity contribution is 5.94. The molecule has 4 heterocycles. The SMILES string of the molecule is CC1CCN(C(=O)c2ncccc2C(F)(F)F)C[C@H]1c1cc(C(F)F)nc2ncnn12. The van der Waals surface area contributed by atoms with Gasteiger partial charge in [0.05, 0.1) is 11.3 Å². The van der Waals surface area contributed by atoms with Crippen LogP contribution in [0.25, 0.3) is 5.78 Å². The number of piperidine rings is 1. The highest BCUT2D eigenvalue weighted by atomic mass is 19.4. The van der Waals surface area contributed by atoms with Crippen LogP contribution in [0.15, 0.2) is 30.7 Å². The van der Waals surface area contributed by atoms with Crippen molar-refractivity contribution in [3.05, 3.63) is 53.4 Å². The number of pyridine rings is 1. The number of halogens is 5. The van der Waals surface area contributed by atoms with Gasteiger partial charge in [0.1, 0.15) is 17.7 Å². The Balaban J connectivity index is 1.70. The quantitative estimate of drug-likeness (QED) is 0.580. The van der Waals surface area contributed by atoms with Gasteiger partial charge in [-0.15, -0.1) is 0 Å². The monoisotopic (exact) mass is 440 g/mol. The van der Waals surface area contributed by atoms with Crippen molar-refractivity contribution >= 4 is 11.7 Å². The van der Waals surface area contributed by atoms with Crippen LogP contribution >= 0.6 is 0 Å². The minimum absolute atomic E-state index is 0.00691. The Labute approximate surface area is 172 Å². The third-order valence-corrected chi connectivity index (χ3v) is 5.46. The second-order valence-electron chi connectivity index (χ2n) is 7.40. The molecule has 0 bridgehead atoms. The minimum Gasteiger partial charge on any atom is -0.337 e. The van der Waals surface area contributed by atoms with Gasteiger partial charge in [-0.2, -0.15) is 23.3 Å².